The molecule has 0 bridgehead atoms. The van der Waals surface area contributed by atoms with E-state index in [0.29, 0.717) is 11.0 Å². The second-order valence-corrected chi connectivity index (χ2v) is 5.11. The van der Waals surface area contributed by atoms with Gasteiger partial charge in [0.15, 0.2) is 5.65 Å². The normalized spacial score (nSPS) is 12.0. The molecule has 0 aliphatic rings. The van der Waals surface area contributed by atoms with Crippen molar-refractivity contribution in [3.05, 3.63) is 28.2 Å². The topological polar surface area (TPSA) is 73.8 Å². The van der Waals surface area contributed by atoms with Gasteiger partial charge >= 0.3 is 0 Å². The summed E-state index contributed by atoms with van der Waals surface area (Å²) in [6, 6.07) is 1.80. The third-order valence-electron chi connectivity index (χ3n) is 2.68. The predicted octanol–water partition coefficient (Wildman–Crippen LogP) is 1.44. The molecule has 0 unspecified atom stereocenters. The first-order valence-corrected chi connectivity index (χ1v) is 5.46. The Hall–Kier alpha value is -1.91. The molecule has 0 amide bonds. The van der Waals surface area contributed by atoms with E-state index in [2.05, 4.69) is 9.97 Å². The molecule has 0 atom stereocenters. The molecule has 5 heteroatoms. The minimum atomic E-state index is -0.398. The molecule has 0 aliphatic heterocycles. The fraction of sp³-hybridized carbons (Fsp3) is 0.417. The molecule has 17 heavy (non-hydrogen) atoms. The summed E-state index contributed by atoms with van der Waals surface area (Å²) in [5.74, 6) is 0.202. The fourth-order valence-corrected chi connectivity index (χ4v) is 1.92. The highest BCUT2D eigenvalue weighted by Crippen LogP contribution is 2.18. The summed E-state index contributed by atoms with van der Waals surface area (Å²) in [5.41, 5.74) is 6.58. The number of nitrogen functional groups attached to an aromatic ring is 1. The maximum atomic E-state index is 12.4. The van der Waals surface area contributed by atoms with Gasteiger partial charge in [-0.3, -0.25) is 9.36 Å². The Morgan fingerprint density at radius 1 is 1.35 bits per heavy atom. The highest BCUT2D eigenvalue weighted by Gasteiger charge is 2.21. The van der Waals surface area contributed by atoms with Crippen molar-refractivity contribution >= 4 is 17.0 Å². The molecule has 0 saturated heterocycles. The molecule has 2 N–H and O–H groups in total. The van der Waals surface area contributed by atoms with Crippen LogP contribution in [0.3, 0.4) is 0 Å². The summed E-state index contributed by atoms with van der Waals surface area (Å²) < 4.78 is 1.50. The lowest BCUT2D eigenvalue weighted by molar-refractivity contribution is 0.389. The lowest BCUT2D eigenvalue weighted by Gasteiger charge is -2.24. The van der Waals surface area contributed by atoms with Crippen molar-refractivity contribution in [3.63, 3.8) is 0 Å². The van der Waals surface area contributed by atoms with Crippen LogP contribution in [0.1, 0.15) is 26.3 Å². The van der Waals surface area contributed by atoms with Crippen LogP contribution in [0.15, 0.2) is 17.1 Å². The molecule has 90 valence electrons. The van der Waals surface area contributed by atoms with Crippen molar-refractivity contribution in [3.8, 4) is 0 Å². The van der Waals surface area contributed by atoms with Crippen LogP contribution in [-0.4, -0.2) is 14.5 Å². The summed E-state index contributed by atoms with van der Waals surface area (Å²) in [6.45, 7) is 7.63. The average molecular weight is 232 g/mol. The van der Waals surface area contributed by atoms with E-state index in [1.807, 2.05) is 27.7 Å². The van der Waals surface area contributed by atoms with Gasteiger partial charge in [-0.25, -0.2) is 4.98 Å². The van der Waals surface area contributed by atoms with E-state index in [1.54, 1.807) is 12.3 Å². The van der Waals surface area contributed by atoms with Crippen molar-refractivity contribution in [2.75, 3.05) is 5.73 Å². The van der Waals surface area contributed by atoms with Gasteiger partial charge in [-0.05, 0) is 39.3 Å². The van der Waals surface area contributed by atoms with Gasteiger partial charge in [-0.2, -0.15) is 4.98 Å². The van der Waals surface area contributed by atoms with Crippen molar-refractivity contribution in [2.45, 2.75) is 33.2 Å². The molecule has 5 nitrogen and oxygen atoms in total. The van der Waals surface area contributed by atoms with Gasteiger partial charge in [0.25, 0.3) is 5.56 Å². The number of nitrogens with two attached hydrogens (primary N) is 1. The minimum absolute atomic E-state index is 0.134. The Morgan fingerprint density at radius 3 is 2.59 bits per heavy atom. The summed E-state index contributed by atoms with van der Waals surface area (Å²) in [7, 11) is 0. The van der Waals surface area contributed by atoms with Gasteiger partial charge in [-0.1, -0.05) is 0 Å². The van der Waals surface area contributed by atoms with Crippen LogP contribution in [0, 0.1) is 6.92 Å². The quantitative estimate of drug-likeness (QED) is 0.745. The number of fused-ring (bicyclic) bond motifs is 1. The summed E-state index contributed by atoms with van der Waals surface area (Å²) in [5, 5.41) is 0.539. The summed E-state index contributed by atoms with van der Waals surface area (Å²) in [4.78, 5) is 20.7. The number of hydrogen-bond donors (Lipinski definition) is 1. The standard InChI is InChI=1S/C12H16N4O/c1-7-5-6-14-9-8(7)10(17)16(11(13)15-9)12(2,3)4/h5-6H,1-4H3,(H2,13,14,15). The lowest BCUT2D eigenvalue weighted by atomic mass is 10.1. The lowest BCUT2D eigenvalue weighted by Crippen LogP contribution is -2.36. The molecule has 0 spiro atoms. The third kappa shape index (κ3) is 1.77. The summed E-state index contributed by atoms with van der Waals surface area (Å²) in [6.07, 6.45) is 1.63. The van der Waals surface area contributed by atoms with Crippen molar-refractivity contribution in [2.24, 2.45) is 0 Å². The molecule has 0 aliphatic carbocycles. The van der Waals surface area contributed by atoms with E-state index in [0.717, 1.165) is 5.56 Å². The van der Waals surface area contributed by atoms with Crippen LogP contribution in [0.2, 0.25) is 0 Å². The SMILES string of the molecule is Cc1ccnc2nc(N)n(C(C)(C)C)c(=O)c12. The first kappa shape index (κ1) is 11.6. The smallest absolute Gasteiger partial charge is 0.265 e. The van der Waals surface area contributed by atoms with Gasteiger partial charge in [-0.15, -0.1) is 0 Å². The zero-order valence-electron chi connectivity index (χ0n) is 10.5. The zero-order valence-corrected chi connectivity index (χ0v) is 10.5. The molecule has 2 rings (SSSR count). The van der Waals surface area contributed by atoms with Crippen LogP contribution in [0.5, 0.6) is 0 Å². The van der Waals surface area contributed by atoms with Crippen molar-refractivity contribution in [1.82, 2.24) is 14.5 Å². The Balaban J connectivity index is 2.99. The average Bonchev–Trinajstić information content (AvgIpc) is 2.14. The molecule has 0 radical (unpaired) electrons. The van der Waals surface area contributed by atoms with Crippen LogP contribution < -0.4 is 11.3 Å². The number of anilines is 1. The van der Waals surface area contributed by atoms with E-state index in [-0.39, 0.29) is 11.5 Å². The number of hydrogen-bond acceptors (Lipinski definition) is 4. The van der Waals surface area contributed by atoms with Gasteiger partial charge in [0.05, 0.1) is 5.39 Å². The third-order valence-corrected chi connectivity index (χ3v) is 2.68. The van der Waals surface area contributed by atoms with Crippen LogP contribution >= 0.6 is 0 Å². The number of aryl methyl sites for hydroxylation is 1. The predicted molar refractivity (Wildman–Crippen MR) is 67.9 cm³/mol. The van der Waals surface area contributed by atoms with Crippen LogP contribution in [0.25, 0.3) is 11.0 Å². The highest BCUT2D eigenvalue weighted by atomic mass is 16.1. The molecule has 0 saturated carbocycles. The van der Waals surface area contributed by atoms with Gasteiger partial charge in [0.2, 0.25) is 5.95 Å². The summed E-state index contributed by atoms with van der Waals surface area (Å²) >= 11 is 0. The van der Waals surface area contributed by atoms with Gasteiger partial charge < -0.3 is 5.73 Å². The molecule has 2 aromatic rings. The minimum Gasteiger partial charge on any atom is -0.369 e. The first-order chi connectivity index (χ1) is 7.82. The fourth-order valence-electron chi connectivity index (χ4n) is 1.92. The molecular weight excluding hydrogens is 216 g/mol. The Morgan fingerprint density at radius 2 is 2.00 bits per heavy atom. The van der Waals surface area contributed by atoms with Crippen molar-refractivity contribution < 1.29 is 0 Å². The number of pyridine rings is 1. The first-order valence-electron chi connectivity index (χ1n) is 5.46. The Kier molecular flexibility index (Phi) is 2.41. The van der Waals surface area contributed by atoms with Gasteiger partial charge in [0, 0.05) is 11.7 Å². The van der Waals surface area contributed by atoms with E-state index in [4.69, 9.17) is 5.73 Å². The second kappa shape index (κ2) is 3.55. The van der Waals surface area contributed by atoms with Crippen LogP contribution in [-0.2, 0) is 5.54 Å². The highest BCUT2D eigenvalue weighted by molar-refractivity contribution is 5.78. The maximum absolute atomic E-state index is 12.4. The van der Waals surface area contributed by atoms with E-state index >= 15 is 0 Å². The second-order valence-electron chi connectivity index (χ2n) is 5.11. The van der Waals surface area contributed by atoms with E-state index < -0.39 is 5.54 Å². The maximum Gasteiger partial charge on any atom is 0.265 e. The van der Waals surface area contributed by atoms with E-state index in [9.17, 15) is 4.79 Å². The molecule has 0 aromatic carbocycles. The van der Waals surface area contributed by atoms with Crippen molar-refractivity contribution in [1.29, 1.82) is 0 Å². The largest absolute Gasteiger partial charge is 0.369 e. The van der Waals surface area contributed by atoms with E-state index in [1.165, 1.54) is 4.57 Å². The zero-order chi connectivity index (χ0) is 12.8. The Labute approximate surface area is 99.3 Å². The number of aromatic nitrogens is 3. The number of rotatable bonds is 0. The molecule has 2 aromatic heterocycles. The molecule has 0 fully saturated rings. The van der Waals surface area contributed by atoms with Crippen LogP contribution in [0.4, 0.5) is 5.95 Å². The Bertz CT molecular complexity index is 637. The van der Waals surface area contributed by atoms with Gasteiger partial charge in [0.1, 0.15) is 0 Å². The molecule has 2 heterocycles. The monoisotopic (exact) mass is 232 g/mol. The number of nitrogens with zero attached hydrogens (tertiary/aromatic N) is 3. The molecular formula is C12H16N4O.